The van der Waals surface area contributed by atoms with Crippen LogP contribution in [0.15, 0.2) is 30.8 Å². The van der Waals surface area contributed by atoms with Crippen LogP contribution in [0.2, 0.25) is 5.02 Å². The third-order valence-electron chi connectivity index (χ3n) is 1.53. The molecule has 1 aromatic carbocycles. The summed E-state index contributed by atoms with van der Waals surface area (Å²) in [5, 5.41) is 0.757. The summed E-state index contributed by atoms with van der Waals surface area (Å²) in [4.78, 5) is 0. The lowest BCUT2D eigenvalue weighted by atomic mass is 10.2. The molecular formula is C12H17ClO. The monoisotopic (exact) mass is 212 g/mol. The van der Waals surface area contributed by atoms with Crippen molar-refractivity contribution < 1.29 is 4.74 Å². The van der Waals surface area contributed by atoms with Gasteiger partial charge < -0.3 is 4.74 Å². The van der Waals surface area contributed by atoms with Gasteiger partial charge in [0.25, 0.3) is 0 Å². The molecule has 0 saturated heterocycles. The van der Waals surface area contributed by atoms with Crippen molar-refractivity contribution in [3.05, 3.63) is 41.4 Å². The number of rotatable bonds is 3. The molecular weight excluding hydrogens is 196 g/mol. The molecule has 0 amide bonds. The Morgan fingerprint density at radius 1 is 1.29 bits per heavy atom. The summed E-state index contributed by atoms with van der Waals surface area (Å²) in [7, 11) is 0. The van der Waals surface area contributed by atoms with Gasteiger partial charge in [-0.15, -0.1) is 0 Å². The fourth-order valence-electron chi connectivity index (χ4n) is 0.845. The molecule has 0 fully saturated rings. The van der Waals surface area contributed by atoms with E-state index in [-0.39, 0.29) is 0 Å². The quantitative estimate of drug-likeness (QED) is 0.735. The smallest absolute Gasteiger partial charge is 0.0478 e. The lowest BCUT2D eigenvalue weighted by Crippen LogP contribution is -1.84. The van der Waals surface area contributed by atoms with E-state index in [4.69, 9.17) is 16.3 Å². The minimum atomic E-state index is 0.757. The number of hydrogen-bond donors (Lipinski definition) is 0. The molecule has 0 bridgehead atoms. The summed E-state index contributed by atoms with van der Waals surface area (Å²) in [6.45, 7) is 9.27. The van der Waals surface area contributed by atoms with E-state index in [1.807, 2.05) is 38.1 Å². The van der Waals surface area contributed by atoms with E-state index in [0.717, 1.165) is 23.8 Å². The van der Waals surface area contributed by atoms with Gasteiger partial charge in [-0.2, -0.15) is 0 Å². The third-order valence-corrected chi connectivity index (χ3v) is 1.88. The van der Waals surface area contributed by atoms with Gasteiger partial charge in [0.15, 0.2) is 0 Å². The summed E-state index contributed by atoms with van der Waals surface area (Å²) in [6, 6.07) is 7.60. The van der Waals surface area contributed by atoms with Gasteiger partial charge in [0.1, 0.15) is 0 Å². The molecule has 0 heterocycles. The molecule has 0 N–H and O–H groups in total. The summed E-state index contributed by atoms with van der Waals surface area (Å²) in [6.07, 6.45) is 1.74. The Balaban J connectivity index is 0.000000292. The van der Waals surface area contributed by atoms with Crippen LogP contribution in [0, 0.1) is 0 Å². The molecule has 0 atom stereocenters. The largest absolute Gasteiger partial charge is 0.382 e. The van der Waals surface area contributed by atoms with Crippen molar-refractivity contribution >= 4 is 17.7 Å². The molecule has 0 aromatic heterocycles. The minimum Gasteiger partial charge on any atom is -0.382 e. The van der Waals surface area contributed by atoms with Crippen LogP contribution in [-0.4, -0.2) is 13.2 Å². The van der Waals surface area contributed by atoms with Gasteiger partial charge in [-0.05, 0) is 25.5 Å². The van der Waals surface area contributed by atoms with Crippen LogP contribution in [-0.2, 0) is 4.74 Å². The number of hydrogen-bond acceptors (Lipinski definition) is 1. The molecule has 14 heavy (non-hydrogen) atoms. The molecule has 2 heteroatoms. The molecule has 78 valence electrons. The van der Waals surface area contributed by atoms with E-state index in [1.165, 1.54) is 0 Å². The molecule has 0 unspecified atom stereocenters. The number of ether oxygens (including phenoxy) is 1. The Hall–Kier alpha value is -0.790. The van der Waals surface area contributed by atoms with Gasteiger partial charge in [-0.25, -0.2) is 0 Å². The van der Waals surface area contributed by atoms with Gasteiger partial charge in [-0.3, -0.25) is 0 Å². The second kappa shape index (κ2) is 8.79. The van der Waals surface area contributed by atoms with Crippen LogP contribution in [0.4, 0.5) is 0 Å². The maximum absolute atomic E-state index is 5.75. The van der Waals surface area contributed by atoms with E-state index < -0.39 is 0 Å². The predicted molar refractivity (Wildman–Crippen MR) is 63.7 cm³/mol. The van der Waals surface area contributed by atoms with Crippen molar-refractivity contribution in [3.63, 3.8) is 0 Å². The van der Waals surface area contributed by atoms with Crippen LogP contribution in [0.5, 0.6) is 0 Å². The minimum absolute atomic E-state index is 0.757. The summed E-state index contributed by atoms with van der Waals surface area (Å²) >= 11 is 5.75. The van der Waals surface area contributed by atoms with Gasteiger partial charge >= 0.3 is 0 Å². The lowest BCUT2D eigenvalue weighted by Gasteiger charge is -1.92. The molecule has 0 aliphatic heterocycles. The van der Waals surface area contributed by atoms with Crippen molar-refractivity contribution in [2.45, 2.75) is 13.8 Å². The van der Waals surface area contributed by atoms with E-state index >= 15 is 0 Å². The first-order valence-electron chi connectivity index (χ1n) is 4.70. The predicted octanol–water partition coefficient (Wildman–Crippen LogP) is 4.03. The van der Waals surface area contributed by atoms with Crippen LogP contribution < -0.4 is 0 Å². The van der Waals surface area contributed by atoms with Crippen molar-refractivity contribution in [3.8, 4) is 0 Å². The lowest BCUT2D eigenvalue weighted by molar-refractivity contribution is 0.162. The number of benzene rings is 1. The second-order valence-corrected chi connectivity index (χ2v) is 2.91. The Bertz CT molecular complexity index is 256. The molecule has 0 aliphatic rings. The maximum Gasteiger partial charge on any atom is 0.0478 e. The zero-order chi connectivity index (χ0) is 10.8. The van der Waals surface area contributed by atoms with E-state index in [0.29, 0.717) is 0 Å². The zero-order valence-corrected chi connectivity index (χ0v) is 9.55. The van der Waals surface area contributed by atoms with Gasteiger partial charge in [0, 0.05) is 18.2 Å². The highest BCUT2D eigenvalue weighted by atomic mass is 35.5. The Labute approximate surface area is 91.4 Å². The molecule has 0 radical (unpaired) electrons. The highest BCUT2D eigenvalue weighted by Gasteiger charge is 1.89. The van der Waals surface area contributed by atoms with E-state index in [2.05, 4.69) is 6.58 Å². The van der Waals surface area contributed by atoms with Gasteiger partial charge in [0.05, 0.1) is 0 Å². The van der Waals surface area contributed by atoms with Crippen molar-refractivity contribution in [1.82, 2.24) is 0 Å². The van der Waals surface area contributed by atoms with Crippen molar-refractivity contribution in [2.24, 2.45) is 0 Å². The molecule has 1 nitrogen and oxygen atoms in total. The Morgan fingerprint density at radius 2 is 1.86 bits per heavy atom. The zero-order valence-electron chi connectivity index (χ0n) is 8.79. The Kier molecular flexibility index (Phi) is 8.30. The first-order valence-corrected chi connectivity index (χ1v) is 5.08. The highest BCUT2D eigenvalue weighted by Crippen LogP contribution is 2.14. The summed E-state index contributed by atoms with van der Waals surface area (Å²) in [5.74, 6) is 0. The molecule has 0 spiro atoms. The fourth-order valence-corrected chi connectivity index (χ4v) is 1.06. The van der Waals surface area contributed by atoms with Crippen LogP contribution in [0.1, 0.15) is 19.4 Å². The Morgan fingerprint density at radius 3 is 2.14 bits per heavy atom. The van der Waals surface area contributed by atoms with Crippen molar-refractivity contribution in [2.75, 3.05) is 13.2 Å². The second-order valence-electron chi connectivity index (χ2n) is 2.51. The van der Waals surface area contributed by atoms with Crippen LogP contribution in [0.3, 0.4) is 0 Å². The third kappa shape index (κ3) is 5.79. The summed E-state index contributed by atoms with van der Waals surface area (Å²) in [5.41, 5.74) is 0.985. The fraction of sp³-hybridized carbons (Fsp3) is 0.333. The normalized spacial score (nSPS) is 8.79. The van der Waals surface area contributed by atoms with Gasteiger partial charge in [-0.1, -0.05) is 42.5 Å². The number of halogens is 1. The van der Waals surface area contributed by atoms with Crippen LogP contribution in [0.25, 0.3) is 6.08 Å². The maximum atomic E-state index is 5.75. The molecule has 0 saturated carbocycles. The van der Waals surface area contributed by atoms with Gasteiger partial charge in [0.2, 0.25) is 0 Å². The highest BCUT2D eigenvalue weighted by molar-refractivity contribution is 6.32. The average molecular weight is 213 g/mol. The van der Waals surface area contributed by atoms with E-state index in [1.54, 1.807) is 6.08 Å². The first kappa shape index (κ1) is 13.2. The SMILES string of the molecule is C=Cc1ccccc1Cl.CCOCC. The van der Waals surface area contributed by atoms with E-state index in [9.17, 15) is 0 Å². The average Bonchev–Trinajstić information content (AvgIpc) is 2.21. The first-order chi connectivity index (χ1) is 6.76. The van der Waals surface area contributed by atoms with Crippen LogP contribution >= 0.6 is 11.6 Å². The summed E-state index contributed by atoms with van der Waals surface area (Å²) < 4.78 is 4.83. The molecule has 1 rings (SSSR count). The topological polar surface area (TPSA) is 9.23 Å². The molecule has 0 aliphatic carbocycles. The molecule has 1 aromatic rings. The van der Waals surface area contributed by atoms with Crippen molar-refractivity contribution in [1.29, 1.82) is 0 Å². The standard InChI is InChI=1S/C8H7Cl.C4H10O/c1-2-7-5-3-4-6-8(7)9;1-3-5-4-2/h2-6H,1H2;3-4H2,1-2H3.